The van der Waals surface area contributed by atoms with Crippen LogP contribution in [0.2, 0.25) is 0 Å². The summed E-state index contributed by atoms with van der Waals surface area (Å²) in [5.74, 6) is -52.8. The molecule has 0 spiro atoms. The van der Waals surface area contributed by atoms with Crippen LogP contribution in [-0.2, 0) is 4.79 Å². The highest BCUT2D eigenvalue weighted by Crippen LogP contribution is 2.63. The maximum absolute atomic E-state index is 14.1. The highest BCUT2D eigenvalue weighted by atomic mass is 19.4. The summed E-state index contributed by atoms with van der Waals surface area (Å²) in [6.45, 7) is 0.900. The van der Waals surface area contributed by atoms with Gasteiger partial charge in [0.15, 0.2) is 6.54 Å². The molecule has 46 heavy (non-hydrogen) atoms. The van der Waals surface area contributed by atoms with Crippen molar-refractivity contribution in [2.45, 2.75) is 132 Å². The van der Waals surface area contributed by atoms with Gasteiger partial charge in [0.2, 0.25) is 0 Å². The average Bonchev–Trinajstić information content (AvgIpc) is 2.87. The van der Waals surface area contributed by atoms with E-state index >= 15 is 0 Å². The number of nitrogens with one attached hydrogen (secondary N) is 1. The summed E-state index contributed by atoms with van der Waals surface area (Å²) in [6.07, 6.45) is 3.44. The lowest BCUT2D eigenvalue weighted by atomic mass is 9.90. The van der Waals surface area contributed by atoms with E-state index in [4.69, 9.17) is 0 Å². The Hall–Kier alpha value is -1.76. The lowest BCUT2D eigenvalue weighted by Crippen LogP contribution is -2.76. The van der Waals surface area contributed by atoms with Crippen molar-refractivity contribution in [3.05, 3.63) is 0 Å². The number of nitrogens with zero attached hydrogens (tertiary/aromatic N) is 1. The van der Waals surface area contributed by atoms with Crippen LogP contribution in [0.1, 0.15) is 84.0 Å². The quantitative estimate of drug-likeness (QED) is 0.0514. The van der Waals surface area contributed by atoms with Crippen molar-refractivity contribution in [2.75, 3.05) is 27.2 Å². The van der Waals surface area contributed by atoms with E-state index in [1.54, 1.807) is 0 Å². The Morgan fingerprint density at radius 3 is 1.13 bits per heavy atom. The first-order valence-corrected chi connectivity index (χ1v) is 14.3. The van der Waals surface area contributed by atoms with E-state index in [9.17, 15) is 79.4 Å². The predicted molar refractivity (Wildman–Crippen MR) is 132 cm³/mol. The summed E-state index contributed by atoms with van der Waals surface area (Å²) in [5, 5.41) is -0.0901. The van der Waals surface area contributed by atoms with E-state index in [-0.39, 0.29) is 11.9 Å². The van der Waals surface area contributed by atoms with Crippen molar-refractivity contribution >= 4 is 5.91 Å². The van der Waals surface area contributed by atoms with E-state index in [0.29, 0.717) is 12.8 Å². The van der Waals surface area contributed by atoms with Gasteiger partial charge >= 0.3 is 47.8 Å². The SMILES string of the molecule is CCCCCCCCCCCCCC[N+](C)(C)CC(=O)NC(F)(F)C(F)(F)C(F)(F)C(F)(F)C(F)(F)C(F)(F)C(F)(F)C(F)(F)F. The van der Waals surface area contributed by atoms with Crippen LogP contribution < -0.4 is 5.32 Å². The third-order valence-corrected chi connectivity index (χ3v) is 7.21. The molecule has 20 heteroatoms. The van der Waals surface area contributed by atoms with Crippen molar-refractivity contribution in [2.24, 2.45) is 0 Å². The average molecular weight is 718 g/mol. The van der Waals surface area contributed by atoms with Gasteiger partial charge in [-0.25, -0.2) is 0 Å². The molecule has 0 aromatic heterocycles. The highest BCUT2D eigenvalue weighted by molar-refractivity contribution is 5.77. The fourth-order valence-electron chi connectivity index (χ4n) is 4.31. The van der Waals surface area contributed by atoms with E-state index in [1.165, 1.54) is 26.9 Å². The zero-order valence-electron chi connectivity index (χ0n) is 25.2. The Balaban J connectivity index is 5.39. The molecule has 0 aromatic rings. The van der Waals surface area contributed by atoms with Crippen molar-refractivity contribution < 1.29 is 83.9 Å². The minimum Gasteiger partial charge on any atom is -0.321 e. The van der Waals surface area contributed by atoms with Gasteiger partial charge in [-0.15, -0.1) is 0 Å². The van der Waals surface area contributed by atoms with Gasteiger partial charge in [0.05, 0.1) is 20.6 Å². The number of hydrogen-bond acceptors (Lipinski definition) is 1. The van der Waals surface area contributed by atoms with Crippen LogP contribution in [-0.4, -0.2) is 85.3 Å². The van der Waals surface area contributed by atoms with Crippen molar-refractivity contribution in [1.29, 1.82) is 0 Å². The summed E-state index contributed by atoms with van der Waals surface area (Å²) >= 11 is 0. The first-order chi connectivity index (χ1) is 20.4. The first-order valence-electron chi connectivity index (χ1n) is 14.3. The number of quaternary nitrogens is 1. The van der Waals surface area contributed by atoms with Gasteiger partial charge in [-0.1, -0.05) is 71.1 Å². The van der Waals surface area contributed by atoms with Gasteiger partial charge in [0.25, 0.3) is 5.91 Å². The topological polar surface area (TPSA) is 29.1 Å². The van der Waals surface area contributed by atoms with Crippen LogP contribution >= 0.6 is 0 Å². The molecule has 0 atom stereocenters. The number of amides is 1. The number of unbranched alkanes of at least 4 members (excludes halogenated alkanes) is 11. The maximum Gasteiger partial charge on any atom is 0.460 e. The van der Waals surface area contributed by atoms with Gasteiger partial charge in [0.1, 0.15) is 0 Å². The fraction of sp³-hybridized carbons (Fsp3) is 0.962. The molecule has 3 nitrogen and oxygen atoms in total. The standard InChI is InChI=1S/C26H37F17N2O/c1-4-5-6-7-8-9-10-11-12-13-14-15-16-45(2,3)17-18(46)44-26(42,43)24(37,38)22(33,34)20(29,30)19(27,28)21(31,32)23(35,36)25(39,40)41/h4-17H2,1-3H3/p+1. The van der Waals surface area contributed by atoms with Crippen LogP contribution in [0.5, 0.6) is 0 Å². The number of hydrogen-bond donors (Lipinski definition) is 1. The molecule has 0 bridgehead atoms. The molecule has 0 aromatic carbocycles. The number of halogens is 17. The third kappa shape index (κ3) is 9.66. The molecule has 0 aliphatic heterocycles. The minimum atomic E-state index is -8.71. The molecule has 1 N–H and O–H groups in total. The number of alkyl halides is 17. The maximum atomic E-state index is 14.1. The van der Waals surface area contributed by atoms with Gasteiger partial charge in [-0.2, -0.15) is 74.6 Å². The molecule has 0 radical (unpaired) electrons. The third-order valence-electron chi connectivity index (χ3n) is 7.21. The Morgan fingerprint density at radius 1 is 0.478 bits per heavy atom. The van der Waals surface area contributed by atoms with E-state index in [1.807, 2.05) is 0 Å². The van der Waals surface area contributed by atoms with Gasteiger partial charge in [0, 0.05) is 0 Å². The lowest BCUT2D eigenvalue weighted by Gasteiger charge is -2.42. The molecule has 0 saturated heterocycles. The molecule has 0 aliphatic carbocycles. The first kappa shape index (κ1) is 44.2. The lowest BCUT2D eigenvalue weighted by molar-refractivity contribution is -0.882. The molecular weight excluding hydrogens is 679 g/mol. The number of carbonyl (C=O) groups is 1. The van der Waals surface area contributed by atoms with Crippen molar-refractivity contribution in [1.82, 2.24) is 5.32 Å². The zero-order chi connectivity index (χ0) is 36.7. The molecule has 1 amide bonds. The zero-order valence-corrected chi connectivity index (χ0v) is 25.2. The van der Waals surface area contributed by atoms with E-state index < -0.39 is 64.7 Å². The molecule has 0 heterocycles. The van der Waals surface area contributed by atoms with Crippen LogP contribution in [0.3, 0.4) is 0 Å². The number of likely N-dealkylation sites (N-methyl/N-ethyl adjacent to an activating group) is 1. The molecule has 276 valence electrons. The summed E-state index contributed by atoms with van der Waals surface area (Å²) in [6, 6.07) is -6.94. The second-order valence-corrected chi connectivity index (χ2v) is 11.8. The Labute approximate surface area is 254 Å². The highest BCUT2D eigenvalue weighted by Gasteiger charge is 2.95. The van der Waals surface area contributed by atoms with Gasteiger partial charge < -0.3 is 4.48 Å². The normalized spacial score (nSPS) is 15.0. The summed E-state index contributed by atoms with van der Waals surface area (Å²) in [4.78, 5) is 11.9. The monoisotopic (exact) mass is 717 g/mol. The summed E-state index contributed by atoms with van der Waals surface area (Å²) in [5.41, 5.74) is 0. The van der Waals surface area contributed by atoms with Crippen LogP contribution in [0.25, 0.3) is 0 Å². The van der Waals surface area contributed by atoms with Gasteiger partial charge in [-0.05, 0) is 12.8 Å². The van der Waals surface area contributed by atoms with Gasteiger partial charge in [-0.3, -0.25) is 10.1 Å². The van der Waals surface area contributed by atoms with E-state index in [2.05, 4.69) is 6.92 Å². The second kappa shape index (κ2) is 15.6. The Morgan fingerprint density at radius 2 is 0.783 bits per heavy atom. The molecule has 0 saturated carbocycles. The van der Waals surface area contributed by atoms with Crippen molar-refractivity contribution in [3.8, 4) is 0 Å². The minimum absolute atomic E-state index is 0.00969. The molecular formula is C26H38F17N2O+. The molecule has 0 fully saturated rings. The molecule has 0 rings (SSSR count). The second-order valence-electron chi connectivity index (χ2n) is 11.8. The van der Waals surface area contributed by atoms with E-state index in [0.717, 1.165) is 51.4 Å². The van der Waals surface area contributed by atoms with Crippen LogP contribution in [0.4, 0.5) is 74.6 Å². The Bertz CT molecular complexity index is 949. The largest absolute Gasteiger partial charge is 0.460 e. The van der Waals surface area contributed by atoms with Crippen LogP contribution in [0, 0.1) is 0 Å². The number of rotatable bonds is 22. The summed E-state index contributed by atoms with van der Waals surface area (Å²) < 4.78 is 227. The molecule has 0 aliphatic rings. The smallest absolute Gasteiger partial charge is 0.321 e. The van der Waals surface area contributed by atoms with Crippen molar-refractivity contribution in [3.63, 3.8) is 0 Å². The fourth-order valence-corrected chi connectivity index (χ4v) is 4.31. The summed E-state index contributed by atoms with van der Waals surface area (Å²) in [7, 11) is 2.36. The number of carbonyl (C=O) groups excluding carboxylic acids is 1. The molecule has 0 unspecified atom stereocenters. The Kier molecular flexibility index (Phi) is 15.0. The van der Waals surface area contributed by atoms with Crippen LogP contribution in [0.15, 0.2) is 0 Å². The predicted octanol–water partition coefficient (Wildman–Crippen LogP) is 9.85.